The maximum Gasteiger partial charge on any atom is 0.501 e. The van der Waals surface area contributed by atoms with E-state index in [1.54, 1.807) is 12.1 Å². The molecule has 0 unspecified atom stereocenters. The predicted octanol–water partition coefficient (Wildman–Crippen LogP) is 6.05. The van der Waals surface area contributed by atoms with Crippen molar-refractivity contribution in [1.29, 1.82) is 0 Å². The molecule has 0 radical (unpaired) electrons. The highest BCUT2D eigenvalue weighted by Gasteiger charge is 2.46. The number of hydroxylamine groups is 2. The van der Waals surface area contributed by atoms with Crippen molar-refractivity contribution in [2.45, 2.75) is 75.7 Å². The van der Waals surface area contributed by atoms with E-state index in [-0.39, 0.29) is 17.7 Å². The Morgan fingerprint density at radius 1 is 0.950 bits per heavy atom. The minimum Gasteiger partial charge on any atom is -0.338 e. The SMILES string of the molecule is CCCCCCCCc1noc(-c2ccc(C(=O)N(Cc3ccc(S(=O)(=O)C(F)(F)F)cc3)OC(C)=O)cc2)n1. The van der Waals surface area contributed by atoms with Crippen molar-refractivity contribution in [2.24, 2.45) is 0 Å². The molecule has 0 aliphatic heterocycles. The molecule has 0 saturated carbocycles. The van der Waals surface area contributed by atoms with Gasteiger partial charge in [0.2, 0.25) is 0 Å². The highest BCUT2D eigenvalue weighted by Crippen LogP contribution is 2.30. The van der Waals surface area contributed by atoms with Crippen LogP contribution in [0.3, 0.4) is 0 Å². The van der Waals surface area contributed by atoms with Crippen LogP contribution in [0.5, 0.6) is 0 Å². The van der Waals surface area contributed by atoms with Gasteiger partial charge in [-0.2, -0.15) is 23.2 Å². The summed E-state index contributed by atoms with van der Waals surface area (Å²) < 4.78 is 66.9. The first-order valence-electron chi connectivity index (χ1n) is 12.8. The second kappa shape index (κ2) is 13.6. The van der Waals surface area contributed by atoms with Gasteiger partial charge in [-0.15, -0.1) is 0 Å². The van der Waals surface area contributed by atoms with Gasteiger partial charge in [0.25, 0.3) is 21.6 Å². The molecular formula is C27H30F3N3O6S. The van der Waals surface area contributed by atoms with Gasteiger partial charge in [-0.3, -0.25) is 9.59 Å². The molecule has 2 aromatic carbocycles. The number of alkyl halides is 3. The summed E-state index contributed by atoms with van der Waals surface area (Å²) in [6.45, 7) is 2.92. The molecule has 3 aromatic rings. The molecule has 13 heteroatoms. The Morgan fingerprint density at radius 2 is 1.57 bits per heavy atom. The maximum absolute atomic E-state index is 13.1. The lowest BCUT2D eigenvalue weighted by Gasteiger charge is -2.21. The average Bonchev–Trinajstić information content (AvgIpc) is 3.38. The zero-order chi connectivity index (χ0) is 29.3. The number of sulfone groups is 1. The first kappa shape index (κ1) is 30.8. The van der Waals surface area contributed by atoms with Crippen LogP contribution in [0.25, 0.3) is 11.5 Å². The second-order valence-corrected chi connectivity index (χ2v) is 11.1. The van der Waals surface area contributed by atoms with Gasteiger partial charge in [0.05, 0.1) is 11.4 Å². The molecule has 40 heavy (non-hydrogen) atoms. The van der Waals surface area contributed by atoms with Gasteiger partial charge in [0.1, 0.15) is 0 Å². The van der Waals surface area contributed by atoms with E-state index in [1.165, 1.54) is 37.8 Å². The molecule has 0 spiro atoms. The Hall–Kier alpha value is -3.74. The lowest BCUT2D eigenvalue weighted by atomic mass is 10.1. The van der Waals surface area contributed by atoms with Gasteiger partial charge in [0, 0.05) is 24.5 Å². The third-order valence-electron chi connectivity index (χ3n) is 5.93. The van der Waals surface area contributed by atoms with Gasteiger partial charge in [0.15, 0.2) is 5.82 Å². The predicted molar refractivity (Wildman–Crippen MR) is 138 cm³/mol. The molecule has 0 atom stereocenters. The number of hydrogen-bond acceptors (Lipinski definition) is 8. The second-order valence-electron chi connectivity index (χ2n) is 9.13. The van der Waals surface area contributed by atoms with Crippen molar-refractivity contribution in [3.05, 3.63) is 65.5 Å². The zero-order valence-corrected chi connectivity index (χ0v) is 22.9. The smallest absolute Gasteiger partial charge is 0.338 e. The van der Waals surface area contributed by atoms with Crippen molar-refractivity contribution in [2.75, 3.05) is 0 Å². The van der Waals surface area contributed by atoms with Crippen molar-refractivity contribution in [3.63, 3.8) is 0 Å². The molecule has 0 aliphatic carbocycles. The summed E-state index contributed by atoms with van der Waals surface area (Å²) in [5, 5.41) is 4.74. The number of unbranched alkanes of at least 4 members (excludes halogenated alkanes) is 5. The average molecular weight is 582 g/mol. The van der Waals surface area contributed by atoms with Gasteiger partial charge in [-0.1, -0.05) is 56.3 Å². The van der Waals surface area contributed by atoms with Crippen LogP contribution < -0.4 is 0 Å². The maximum atomic E-state index is 13.1. The van der Waals surface area contributed by atoms with Gasteiger partial charge in [-0.05, 0) is 48.4 Å². The minimum atomic E-state index is -5.52. The normalized spacial score (nSPS) is 11.8. The van der Waals surface area contributed by atoms with E-state index >= 15 is 0 Å². The van der Waals surface area contributed by atoms with E-state index in [1.807, 2.05) is 0 Å². The Labute approximate surface area is 230 Å². The van der Waals surface area contributed by atoms with E-state index in [2.05, 4.69) is 17.1 Å². The molecular weight excluding hydrogens is 551 g/mol. The summed E-state index contributed by atoms with van der Waals surface area (Å²) >= 11 is 0. The number of aryl methyl sites for hydroxylation is 1. The number of nitrogens with zero attached hydrogens (tertiary/aromatic N) is 3. The Morgan fingerprint density at radius 3 is 2.17 bits per heavy atom. The topological polar surface area (TPSA) is 120 Å². The fraction of sp³-hybridized carbons (Fsp3) is 0.407. The molecule has 1 aromatic heterocycles. The molecule has 0 aliphatic rings. The van der Waals surface area contributed by atoms with Crippen LogP contribution in [0.4, 0.5) is 13.2 Å². The molecule has 0 N–H and O–H groups in total. The first-order valence-corrected chi connectivity index (χ1v) is 14.2. The van der Waals surface area contributed by atoms with Crippen LogP contribution in [-0.4, -0.2) is 41.0 Å². The number of aromatic nitrogens is 2. The first-order chi connectivity index (χ1) is 18.9. The Balaban J connectivity index is 1.67. The number of amides is 1. The van der Waals surface area contributed by atoms with Crippen LogP contribution in [0.1, 0.15) is 74.1 Å². The van der Waals surface area contributed by atoms with Crippen LogP contribution in [0.2, 0.25) is 0 Å². The highest BCUT2D eigenvalue weighted by molar-refractivity contribution is 7.92. The van der Waals surface area contributed by atoms with Crippen molar-refractivity contribution in [1.82, 2.24) is 15.2 Å². The third kappa shape index (κ3) is 8.13. The van der Waals surface area contributed by atoms with E-state index < -0.39 is 32.1 Å². The van der Waals surface area contributed by atoms with Crippen LogP contribution in [-0.2, 0) is 32.4 Å². The zero-order valence-electron chi connectivity index (χ0n) is 22.1. The molecule has 3 rings (SSSR count). The van der Waals surface area contributed by atoms with Crippen molar-refractivity contribution >= 4 is 21.7 Å². The van der Waals surface area contributed by atoms with Gasteiger partial charge < -0.3 is 9.36 Å². The molecule has 9 nitrogen and oxygen atoms in total. The van der Waals surface area contributed by atoms with Crippen LogP contribution in [0.15, 0.2) is 57.9 Å². The summed E-state index contributed by atoms with van der Waals surface area (Å²) in [5.74, 6) is -0.612. The fourth-order valence-electron chi connectivity index (χ4n) is 3.81. The Kier molecular flexibility index (Phi) is 10.4. The van der Waals surface area contributed by atoms with E-state index in [9.17, 15) is 31.2 Å². The number of rotatable bonds is 12. The molecule has 0 fully saturated rings. The quantitative estimate of drug-likeness (QED) is 0.187. The number of halogens is 3. The fourth-order valence-corrected chi connectivity index (χ4v) is 4.57. The molecule has 1 amide bonds. The third-order valence-corrected chi connectivity index (χ3v) is 7.43. The lowest BCUT2D eigenvalue weighted by Crippen LogP contribution is -2.32. The van der Waals surface area contributed by atoms with Crippen molar-refractivity contribution in [3.8, 4) is 11.5 Å². The summed E-state index contributed by atoms with van der Waals surface area (Å²) in [6.07, 6.45) is 7.56. The molecule has 0 bridgehead atoms. The summed E-state index contributed by atoms with van der Waals surface area (Å²) in [7, 11) is -5.52. The number of benzene rings is 2. The Bertz CT molecular complexity index is 1390. The molecule has 216 valence electrons. The standard InChI is InChI=1S/C27H30F3N3O6S/c1-3-4-5-6-7-8-9-24-31-25(38-32-24)21-12-14-22(15-13-21)26(35)33(39-19(2)34)18-20-10-16-23(17-11-20)40(36,37)27(28,29)30/h10-17H,3-9,18H2,1-2H3. The summed E-state index contributed by atoms with van der Waals surface area (Å²) in [6, 6.07) is 9.89. The molecule has 1 heterocycles. The van der Waals surface area contributed by atoms with Gasteiger partial charge >= 0.3 is 11.5 Å². The van der Waals surface area contributed by atoms with Crippen LogP contribution >= 0.6 is 0 Å². The largest absolute Gasteiger partial charge is 0.501 e. The summed E-state index contributed by atoms with van der Waals surface area (Å²) in [4.78, 5) is 33.1. The monoisotopic (exact) mass is 581 g/mol. The molecule has 0 saturated heterocycles. The van der Waals surface area contributed by atoms with E-state index in [4.69, 9.17) is 9.36 Å². The number of carbonyl (C=O) groups is 2. The van der Waals surface area contributed by atoms with Crippen LogP contribution in [0, 0.1) is 0 Å². The van der Waals surface area contributed by atoms with E-state index in [0.717, 1.165) is 49.1 Å². The number of carbonyl (C=O) groups excluding carboxylic acids is 2. The van der Waals surface area contributed by atoms with Gasteiger partial charge in [-0.25, -0.2) is 8.42 Å². The van der Waals surface area contributed by atoms with E-state index in [0.29, 0.717) is 23.7 Å². The number of hydrogen-bond donors (Lipinski definition) is 0. The van der Waals surface area contributed by atoms with Crippen molar-refractivity contribution < 1.29 is 40.5 Å². The lowest BCUT2D eigenvalue weighted by molar-refractivity contribution is -0.177. The minimum absolute atomic E-state index is 0.146. The highest BCUT2D eigenvalue weighted by atomic mass is 32.2. The summed E-state index contributed by atoms with van der Waals surface area (Å²) in [5.41, 5.74) is -4.49.